The predicted molar refractivity (Wildman–Crippen MR) is 113 cm³/mol. The summed E-state index contributed by atoms with van der Waals surface area (Å²) in [5, 5.41) is 0.490. The fourth-order valence-electron chi connectivity index (χ4n) is 3.98. The molecule has 0 atom stereocenters. The first-order valence-electron chi connectivity index (χ1n) is 10.2. The van der Waals surface area contributed by atoms with Gasteiger partial charge in [0.25, 0.3) is 5.56 Å². The number of esters is 1. The number of aromatic nitrogens is 3. The van der Waals surface area contributed by atoms with Gasteiger partial charge in [0, 0.05) is 37.0 Å². The Morgan fingerprint density at radius 3 is 2.67 bits per heavy atom. The lowest BCUT2D eigenvalue weighted by Gasteiger charge is -2.11. The lowest BCUT2D eigenvalue weighted by atomic mass is 10.1. The number of hydrogen-bond donors (Lipinski definition) is 0. The standard InChI is InChI=1S/C23H25N3O4/c1-14-11-18(15(2)25(14)3)20(27)13-30-23(29)16-8-9-17-19(12-16)24-21-7-5-4-6-10-26(21)22(17)28/h8-9,11-12H,4-7,10,13H2,1-3H3. The second-order valence-corrected chi connectivity index (χ2v) is 7.87. The van der Waals surface area contributed by atoms with Crippen LogP contribution >= 0.6 is 0 Å². The molecule has 3 heterocycles. The number of ketones is 1. The first kappa shape index (κ1) is 20.1. The molecule has 4 rings (SSSR count). The Kier molecular flexibility index (Phi) is 5.28. The van der Waals surface area contributed by atoms with E-state index in [1.165, 1.54) is 0 Å². The molecule has 3 aromatic rings. The van der Waals surface area contributed by atoms with Crippen LogP contribution in [-0.2, 0) is 24.8 Å². The smallest absolute Gasteiger partial charge is 0.338 e. The normalized spacial score (nSPS) is 13.7. The zero-order chi connectivity index (χ0) is 21.4. The number of hydrogen-bond acceptors (Lipinski definition) is 5. The molecule has 0 saturated heterocycles. The Labute approximate surface area is 174 Å². The molecule has 156 valence electrons. The Bertz CT molecular complexity index is 1220. The first-order valence-corrected chi connectivity index (χ1v) is 10.2. The maximum atomic E-state index is 12.8. The van der Waals surface area contributed by atoms with Crippen molar-refractivity contribution in [3.05, 3.63) is 63.0 Å². The quantitative estimate of drug-likeness (QED) is 0.490. The van der Waals surface area contributed by atoms with Gasteiger partial charge in [-0.2, -0.15) is 0 Å². The van der Waals surface area contributed by atoms with Crippen LogP contribution in [0.5, 0.6) is 0 Å². The summed E-state index contributed by atoms with van der Waals surface area (Å²) in [6.45, 7) is 4.13. The van der Waals surface area contributed by atoms with Crippen molar-refractivity contribution in [2.75, 3.05) is 6.61 Å². The number of carbonyl (C=O) groups is 2. The molecule has 1 aliphatic rings. The summed E-state index contributed by atoms with van der Waals surface area (Å²) in [5.74, 6) is -0.0833. The molecule has 0 unspecified atom stereocenters. The van der Waals surface area contributed by atoms with Crippen molar-refractivity contribution < 1.29 is 14.3 Å². The van der Waals surface area contributed by atoms with Crippen LogP contribution in [0.1, 0.15) is 57.2 Å². The van der Waals surface area contributed by atoms with Gasteiger partial charge in [0.15, 0.2) is 6.61 Å². The van der Waals surface area contributed by atoms with Gasteiger partial charge in [-0.25, -0.2) is 9.78 Å². The molecule has 0 spiro atoms. The van der Waals surface area contributed by atoms with E-state index in [4.69, 9.17) is 4.74 Å². The number of aryl methyl sites for hydroxylation is 2. The van der Waals surface area contributed by atoms with E-state index >= 15 is 0 Å². The SMILES string of the molecule is Cc1cc(C(=O)COC(=O)c2ccc3c(=O)n4c(nc3c2)CCCCC4)c(C)n1C. The van der Waals surface area contributed by atoms with Crippen LogP contribution in [0, 0.1) is 13.8 Å². The summed E-state index contributed by atoms with van der Waals surface area (Å²) in [7, 11) is 1.89. The zero-order valence-corrected chi connectivity index (χ0v) is 17.5. The fourth-order valence-corrected chi connectivity index (χ4v) is 3.98. The molecule has 7 nitrogen and oxygen atoms in total. The highest BCUT2D eigenvalue weighted by molar-refractivity contribution is 6.01. The number of ether oxygens (including phenoxy) is 1. The molecule has 0 radical (unpaired) electrons. The first-order chi connectivity index (χ1) is 14.4. The van der Waals surface area contributed by atoms with Crippen LogP contribution in [-0.4, -0.2) is 32.5 Å². The number of nitrogens with zero attached hydrogens (tertiary/aromatic N) is 3. The van der Waals surface area contributed by atoms with E-state index in [0.29, 0.717) is 23.0 Å². The minimum absolute atomic E-state index is 0.0677. The summed E-state index contributed by atoms with van der Waals surface area (Å²) < 4.78 is 8.92. The summed E-state index contributed by atoms with van der Waals surface area (Å²) >= 11 is 0. The maximum absolute atomic E-state index is 12.8. The number of benzene rings is 1. The third-order valence-electron chi connectivity index (χ3n) is 5.96. The monoisotopic (exact) mass is 407 g/mol. The van der Waals surface area contributed by atoms with Gasteiger partial charge < -0.3 is 9.30 Å². The second kappa shape index (κ2) is 7.89. The van der Waals surface area contributed by atoms with E-state index in [9.17, 15) is 14.4 Å². The summed E-state index contributed by atoms with van der Waals surface area (Å²) in [4.78, 5) is 42.4. The number of rotatable bonds is 4. The van der Waals surface area contributed by atoms with E-state index in [0.717, 1.165) is 42.9 Å². The van der Waals surface area contributed by atoms with E-state index in [2.05, 4.69) is 4.98 Å². The number of Topliss-reactive ketones (excluding diaryl/α,β-unsaturated/α-hetero) is 1. The van der Waals surface area contributed by atoms with Crippen molar-refractivity contribution in [2.24, 2.45) is 7.05 Å². The van der Waals surface area contributed by atoms with E-state index < -0.39 is 5.97 Å². The molecule has 1 aliphatic heterocycles. The van der Waals surface area contributed by atoms with Crippen LogP contribution in [0.15, 0.2) is 29.1 Å². The molecule has 7 heteroatoms. The Balaban J connectivity index is 1.55. The zero-order valence-electron chi connectivity index (χ0n) is 17.5. The van der Waals surface area contributed by atoms with Crippen LogP contribution in [0.3, 0.4) is 0 Å². The van der Waals surface area contributed by atoms with Crippen molar-refractivity contribution in [1.29, 1.82) is 0 Å². The molecular weight excluding hydrogens is 382 g/mol. The molecule has 0 bridgehead atoms. The van der Waals surface area contributed by atoms with Crippen LogP contribution in [0.2, 0.25) is 0 Å². The van der Waals surface area contributed by atoms with E-state index in [1.807, 2.05) is 25.5 Å². The molecule has 0 amide bonds. The van der Waals surface area contributed by atoms with Gasteiger partial charge in [-0.1, -0.05) is 6.42 Å². The van der Waals surface area contributed by atoms with Crippen molar-refractivity contribution >= 4 is 22.7 Å². The topological polar surface area (TPSA) is 83.2 Å². The predicted octanol–water partition coefficient (Wildman–Crippen LogP) is 3.12. The molecule has 0 saturated carbocycles. The highest BCUT2D eigenvalue weighted by Crippen LogP contribution is 2.18. The van der Waals surface area contributed by atoms with Crippen LogP contribution < -0.4 is 5.56 Å². The van der Waals surface area contributed by atoms with E-state index in [-0.39, 0.29) is 23.5 Å². The number of carbonyl (C=O) groups excluding carboxylic acids is 2. The Morgan fingerprint density at radius 1 is 1.13 bits per heavy atom. The largest absolute Gasteiger partial charge is 0.454 e. The summed E-state index contributed by atoms with van der Waals surface area (Å²) in [6.07, 6.45) is 3.80. The van der Waals surface area contributed by atoms with Crippen molar-refractivity contribution in [1.82, 2.24) is 14.1 Å². The van der Waals surface area contributed by atoms with Gasteiger partial charge >= 0.3 is 5.97 Å². The maximum Gasteiger partial charge on any atom is 0.338 e. The second-order valence-electron chi connectivity index (χ2n) is 7.87. The highest BCUT2D eigenvalue weighted by Gasteiger charge is 2.18. The van der Waals surface area contributed by atoms with Gasteiger partial charge in [0.05, 0.1) is 16.5 Å². The van der Waals surface area contributed by atoms with Gasteiger partial charge in [-0.3, -0.25) is 14.2 Å². The third-order valence-corrected chi connectivity index (χ3v) is 5.96. The highest BCUT2D eigenvalue weighted by atomic mass is 16.5. The van der Waals surface area contributed by atoms with Crippen molar-refractivity contribution in [3.63, 3.8) is 0 Å². The van der Waals surface area contributed by atoms with Crippen molar-refractivity contribution in [3.8, 4) is 0 Å². The third kappa shape index (κ3) is 3.56. The Morgan fingerprint density at radius 2 is 1.93 bits per heavy atom. The lowest BCUT2D eigenvalue weighted by molar-refractivity contribution is 0.0474. The molecule has 0 N–H and O–H groups in total. The van der Waals surface area contributed by atoms with E-state index in [1.54, 1.807) is 28.8 Å². The average Bonchev–Trinajstić information content (AvgIpc) is 2.91. The van der Waals surface area contributed by atoms with Crippen LogP contribution in [0.25, 0.3) is 10.9 Å². The summed E-state index contributed by atoms with van der Waals surface area (Å²) in [5.41, 5.74) is 3.06. The average molecular weight is 407 g/mol. The van der Waals surface area contributed by atoms with Gasteiger partial charge in [-0.15, -0.1) is 0 Å². The van der Waals surface area contributed by atoms with Gasteiger partial charge in [-0.05, 0) is 51.0 Å². The number of fused-ring (bicyclic) bond motifs is 2. The lowest BCUT2D eigenvalue weighted by Crippen LogP contribution is -2.24. The van der Waals surface area contributed by atoms with Gasteiger partial charge in [0.2, 0.25) is 5.78 Å². The molecule has 0 aliphatic carbocycles. The van der Waals surface area contributed by atoms with Crippen LogP contribution in [0.4, 0.5) is 0 Å². The molecule has 2 aromatic heterocycles. The minimum atomic E-state index is -0.604. The minimum Gasteiger partial charge on any atom is -0.454 e. The molecule has 1 aromatic carbocycles. The Hall–Kier alpha value is -3.22. The summed E-state index contributed by atoms with van der Waals surface area (Å²) in [6, 6.07) is 6.55. The van der Waals surface area contributed by atoms with Crippen molar-refractivity contribution in [2.45, 2.75) is 46.1 Å². The molecular formula is C23H25N3O4. The fraction of sp³-hybridized carbons (Fsp3) is 0.391. The van der Waals surface area contributed by atoms with Gasteiger partial charge in [0.1, 0.15) is 5.82 Å². The molecule has 0 fully saturated rings. The molecule has 30 heavy (non-hydrogen) atoms.